The van der Waals surface area contributed by atoms with Crippen LogP contribution in [0.15, 0.2) is 60.2 Å². The Kier molecular flexibility index (Phi) is 11.2. The number of epoxide rings is 1. The predicted molar refractivity (Wildman–Crippen MR) is 180 cm³/mol. The van der Waals surface area contributed by atoms with Gasteiger partial charge < -0.3 is 34.1 Å². The predicted octanol–water partition coefficient (Wildman–Crippen LogP) is 6.19. The van der Waals surface area contributed by atoms with Gasteiger partial charge in [-0.05, 0) is 83.9 Å². The second kappa shape index (κ2) is 15.1. The number of carbonyl (C=O) groups excluding carboxylic acids is 2. The molecule has 4 aliphatic rings. The Hall–Kier alpha value is -3.30. The van der Waals surface area contributed by atoms with Crippen molar-refractivity contribution in [3.8, 4) is 5.75 Å². The van der Waals surface area contributed by atoms with E-state index in [-0.39, 0.29) is 35.3 Å². The lowest BCUT2D eigenvalue weighted by Crippen LogP contribution is -2.49. The molecule has 0 unspecified atom stereocenters. The second-order valence-corrected chi connectivity index (χ2v) is 14.2. The Morgan fingerprint density at radius 1 is 1.11 bits per heavy atom. The molecule has 9 heteroatoms. The molecule has 252 valence electrons. The number of amides is 2. The summed E-state index contributed by atoms with van der Waals surface area (Å²) in [5.74, 6) is 1.32. The first-order valence-corrected chi connectivity index (χ1v) is 17.0. The maximum absolute atomic E-state index is 12.7. The highest BCUT2D eigenvalue weighted by atomic mass is 16.6. The van der Waals surface area contributed by atoms with Gasteiger partial charge in [0.25, 0.3) is 0 Å². The monoisotopic (exact) mass is 635 g/mol. The topological polar surface area (TPSA) is 92.9 Å². The van der Waals surface area contributed by atoms with Gasteiger partial charge in [0.2, 0.25) is 5.91 Å². The lowest BCUT2D eigenvalue weighted by atomic mass is 9.83. The van der Waals surface area contributed by atoms with Crippen molar-refractivity contribution >= 4 is 17.7 Å². The van der Waals surface area contributed by atoms with Crippen LogP contribution in [0.1, 0.15) is 72.6 Å². The SMILES string of the molecule is COc1cccc(N2CCN(C(=O)O[C@@H](C)C=CC(=O)NC3CCC(CC=C(C)C=C[C@@H]4C[C@]5(CO5)CC(C)(C)O4)CC3)CC2)c1. The maximum Gasteiger partial charge on any atom is 0.410 e. The molecule has 0 bridgehead atoms. The third-order valence-electron chi connectivity index (χ3n) is 9.65. The quantitative estimate of drug-likeness (QED) is 0.186. The van der Waals surface area contributed by atoms with Gasteiger partial charge in [0.15, 0.2) is 0 Å². The summed E-state index contributed by atoms with van der Waals surface area (Å²) in [4.78, 5) is 29.3. The van der Waals surface area contributed by atoms with Crippen molar-refractivity contribution < 1.29 is 28.5 Å². The van der Waals surface area contributed by atoms with Crippen molar-refractivity contribution in [2.75, 3.05) is 44.8 Å². The summed E-state index contributed by atoms with van der Waals surface area (Å²) >= 11 is 0. The highest BCUT2D eigenvalue weighted by Gasteiger charge is 2.53. The van der Waals surface area contributed by atoms with Crippen LogP contribution in [-0.4, -0.2) is 86.2 Å². The molecule has 3 heterocycles. The lowest BCUT2D eigenvalue weighted by Gasteiger charge is -2.38. The third kappa shape index (κ3) is 9.85. The first-order valence-electron chi connectivity index (χ1n) is 17.0. The molecule has 1 spiro atoms. The molecule has 3 saturated heterocycles. The zero-order valence-electron chi connectivity index (χ0n) is 28.3. The number of nitrogens with zero attached hydrogens (tertiary/aromatic N) is 2. The average molecular weight is 636 g/mol. The first-order chi connectivity index (χ1) is 22.0. The van der Waals surface area contributed by atoms with Crippen molar-refractivity contribution in [1.29, 1.82) is 0 Å². The molecule has 46 heavy (non-hydrogen) atoms. The van der Waals surface area contributed by atoms with E-state index in [4.69, 9.17) is 18.9 Å². The van der Waals surface area contributed by atoms with Gasteiger partial charge in [0, 0.05) is 62.9 Å². The average Bonchev–Trinajstić information content (AvgIpc) is 3.78. The summed E-state index contributed by atoms with van der Waals surface area (Å²) in [5.41, 5.74) is 2.24. The summed E-state index contributed by atoms with van der Waals surface area (Å²) in [5, 5.41) is 3.14. The molecule has 1 saturated carbocycles. The standard InChI is InChI=1S/C37H53N3O6/c1-27(10-17-33-24-37(26-44-37)25-36(3,4)46-33)9-12-29-13-15-30(16-14-29)38-34(41)18-11-28(2)45-35(42)40-21-19-39(20-22-40)31-7-6-8-32(23-31)43-5/h6-11,17-18,23,28-30,33H,12-16,19-22,24-26H2,1-5H3,(H,38,41)/t28-,29?,30?,33+,37+/m0/s1. The van der Waals surface area contributed by atoms with E-state index in [2.05, 4.69) is 49.2 Å². The van der Waals surface area contributed by atoms with Crippen LogP contribution in [-0.2, 0) is 19.0 Å². The Labute approximate surface area is 274 Å². The van der Waals surface area contributed by atoms with Crippen LogP contribution in [0.25, 0.3) is 0 Å². The minimum absolute atomic E-state index is 0.0409. The second-order valence-electron chi connectivity index (χ2n) is 14.2. The fourth-order valence-electron chi connectivity index (χ4n) is 7.06. The van der Waals surface area contributed by atoms with Gasteiger partial charge in [0.05, 0.1) is 31.0 Å². The fraction of sp³-hybridized carbons (Fsp3) is 0.622. The highest BCUT2D eigenvalue weighted by molar-refractivity contribution is 5.87. The van der Waals surface area contributed by atoms with Crippen LogP contribution < -0.4 is 15.0 Å². The van der Waals surface area contributed by atoms with Crippen LogP contribution >= 0.6 is 0 Å². The fourth-order valence-corrected chi connectivity index (χ4v) is 7.06. The van der Waals surface area contributed by atoms with Crippen molar-refractivity contribution in [2.24, 2.45) is 5.92 Å². The Morgan fingerprint density at radius 3 is 2.54 bits per heavy atom. The van der Waals surface area contributed by atoms with E-state index in [1.54, 1.807) is 25.0 Å². The zero-order valence-corrected chi connectivity index (χ0v) is 28.3. The van der Waals surface area contributed by atoms with Gasteiger partial charge in [-0.2, -0.15) is 0 Å². The van der Waals surface area contributed by atoms with Crippen molar-refractivity contribution in [1.82, 2.24) is 10.2 Å². The van der Waals surface area contributed by atoms with Gasteiger partial charge in [-0.3, -0.25) is 4.79 Å². The molecule has 4 fully saturated rings. The summed E-state index contributed by atoms with van der Waals surface area (Å²) in [7, 11) is 1.66. The number of nitrogens with one attached hydrogen (secondary N) is 1. The molecular formula is C37H53N3O6. The number of methoxy groups -OCH3 is 1. The van der Waals surface area contributed by atoms with Gasteiger partial charge >= 0.3 is 6.09 Å². The first kappa shape index (κ1) is 34.0. The Morgan fingerprint density at radius 2 is 1.85 bits per heavy atom. The maximum atomic E-state index is 12.7. The molecule has 0 aromatic heterocycles. The number of piperazine rings is 1. The summed E-state index contributed by atoms with van der Waals surface area (Å²) in [6.45, 7) is 11.7. The lowest BCUT2D eigenvalue weighted by molar-refractivity contribution is -0.117. The molecule has 1 aromatic carbocycles. The van der Waals surface area contributed by atoms with Crippen LogP contribution in [0.2, 0.25) is 0 Å². The van der Waals surface area contributed by atoms with Gasteiger partial charge in [-0.15, -0.1) is 0 Å². The van der Waals surface area contributed by atoms with Gasteiger partial charge in [-0.25, -0.2) is 4.79 Å². The van der Waals surface area contributed by atoms with Crippen LogP contribution in [0.3, 0.4) is 0 Å². The minimum atomic E-state index is -0.492. The number of benzene rings is 1. The number of ether oxygens (including phenoxy) is 4. The van der Waals surface area contributed by atoms with Gasteiger partial charge in [-0.1, -0.05) is 29.9 Å². The minimum Gasteiger partial charge on any atom is -0.497 e. The van der Waals surface area contributed by atoms with E-state index in [9.17, 15) is 9.59 Å². The molecule has 2 amide bonds. The third-order valence-corrected chi connectivity index (χ3v) is 9.65. The van der Waals surface area contributed by atoms with Crippen LogP contribution in [0.4, 0.5) is 10.5 Å². The Balaban J connectivity index is 0.961. The summed E-state index contributed by atoms with van der Waals surface area (Å²) in [6, 6.07) is 8.12. The number of carbonyl (C=O) groups is 2. The zero-order chi connectivity index (χ0) is 32.7. The largest absolute Gasteiger partial charge is 0.497 e. The van der Waals surface area contributed by atoms with Gasteiger partial charge in [0.1, 0.15) is 11.9 Å². The van der Waals surface area contributed by atoms with E-state index >= 15 is 0 Å². The molecule has 9 nitrogen and oxygen atoms in total. The molecular weight excluding hydrogens is 582 g/mol. The molecule has 3 atom stereocenters. The molecule has 3 aliphatic heterocycles. The number of hydrogen-bond donors (Lipinski definition) is 1. The smallest absolute Gasteiger partial charge is 0.410 e. The van der Waals surface area contributed by atoms with Crippen LogP contribution in [0, 0.1) is 5.92 Å². The van der Waals surface area contributed by atoms with Crippen molar-refractivity contribution in [3.63, 3.8) is 0 Å². The molecule has 1 N–H and O–H groups in total. The molecule has 5 rings (SSSR count). The van der Waals surface area contributed by atoms with Crippen molar-refractivity contribution in [2.45, 2.75) is 102 Å². The molecule has 1 aromatic rings. The summed E-state index contributed by atoms with van der Waals surface area (Å²) < 4.78 is 23.0. The molecule has 1 aliphatic carbocycles. The van der Waals surface area contributed by atoms with Crippen molar-refractivity contribution in [3.05, 3.63) is 60.2 Å². The number of allylic oxidation sites excluding steroid dienone is 3. The van der Waals surface area contributed by atoms with E-state index < -0.39 is 6.10 Å². The number of rotatable bonds is 10. The normalized spacial score (nSPS) is 28.8. The van der Waals surface area contributed by atoms with E-state index in [1.807, 2.05) is 24.3 Å². The highest BCUT2D eigenvalue weighted by Crippen LogP contribution is 2.46. The van der Waals surface area contributed by atoms with Crippen LogP contribution in [0.5, 0.6) is 5.75 Å². The van der Waals surface area contributed by atoms with E-state index in [0.717, 1.165) is 76.1 Å². The Bertz CT molecular complexity index is 1280. The number of anilines is 1. The number of hydrogen-bond acceptors (Lipinski definition) is 7. The van der Waals surface area contributed by atoms with E-state index in [1.165, 1.54) is 11.6 Å². The van der Waals surface area contributed by atoms with E-state index in [0.29, 0.717) is 19.0 Å². The molecule has 0 radical (unpaired) electrons. The summed E-state index contributed by atoms with van der Waals surface area (Å²) in [6.07, 6.45) is 16.3.